The van der Waals surface area contributed by atoms with Crippen molar-refractivity contribution in [2.24, 2.45) is 17.1 Å². The fourth-order valence-electron chi connectivity index (χ4n) is 2.79. The van der Waals surface area contributed by atoms with Crippen LogP contribution < -0.4 is 11.1 Å². The highest BCUT2D eigenvalue weighted by atomic mass is 32.1. The molecule has 1 aliphatic rings. The molecule has 108 valence electrons. The minimum atomic E-state index is 0.136. The maximum Gasteiger partial charge on any atom is 0.223 e. The van der Waals surface area contributed by atoms with E-state index < -0.39 is 0 Å². The lowest BCUT2D eigenvalue weighted by atomic mass is 9.81. The van der Waals surface area contributed by atoms with Gasteiger partial charge in [0, 0.05) is 10.8 Å². The van der Waals surface area contributed by atoms with Crippen molar-refractivity contribution in [2.45, 2.75) is 39.7 Å². The summed E-state index contributed by atoms with van der Waals surface area (Å²) in [4.78, 5) is 14.4. The third-order valence-electron chi connectivity index (χ3n) is 3.99. The summed E-state index contributed by atoms with van der Waals surface area (Å²) in [6.45, 7) is 5.35. The maximum absolute atomic E-state index is 12.3. The van der Waals surface area contributed by atoms with Crippen molar-refractivity contribution in [3.05, 3.63) is 21.9 Å². The number of carbonyl (C=O) groups excluding carboxylic acids is 1. The van der Waals surface area contributed by atoms with E-state index in [1.807, 2.05) is 12.1 Å². The van der Waals surface area contributed by atoms with Crippen LogP contribution >= 0.6 is 11.3 Å². The van der Waals surface area contributed by atoms with Gasteiger partial charge in [0.1, 0.15) is 0 Å². The molecule has 0 aromatic carbocycles. The SMILES string of the molecule is CC1(C)CCCC1C(=O)NCc1ccc(C#CCN)s1. The van der Waals surface area contributed by atoms with Gasteiger partial charge in [-0.2, -0.15) is 0 Å². The van der Waals surface area contributed by atoms with Gasteiger partial charge in [-0.25, -0.2) is 0 Å². The highest BCUT2D eigenvalue weighted by Gasteiger charge is 2.38. The molecule has 20 heavy (non-hydrogen) atoms. The quantitative estimate of drug-likeness (QED) is 0.840. The number of rotatable bonds is 3. The molecule has 0 radical (unpaired) electrons. The van der Waals surface area contributed by atoms with E-state index in [2.05, 4.69) is 31.0 Å². The van der Waals surface area contributed by atoms with Crippen molar-refractivity contribution in [3.63, 3.8) is 0 Å². The van der Waals surface area contributed by atoms with Gasteiger partial charge in [-0.1, -0.05) is 32.1 Å². The zero-order chi connectivity index (χ0) is 14.6. The maximum atomic E-state index is 12.3. The highest BCUT2D eigenvalue weighted by Crippen LogP contribution is 2.42. The number of thiophene rings is 1. The highest BCUT2D eigenvalue weighted by molar-refractivity contribution is 7.12. The molecule has 1 fully saturated rings. The molecule has 0 spiro atoms. The molecular weight excluding hydrogens is 268 g/mol. The van der Waals surface area contributed by atoms with Gasteiger partial charge in [-0.15, -0.1) is 11.3 Å². The molecule has 1 aromatic heterocycles. The van der Waals surface area contributed by atoms with E-state index in [1.54, 1.807) is 11.3 Å². The summed E-state index contributed by atoms with van der Waals surface area (Å²) in [5.74, 6) is 6.19. The third kappa shape index (κ3) is 3.62. The van der Waals surface area contributed by atoms with Crippen LogP contribution in [0.25, 0.3) is 0 Å². The second kappa shape index (κ2) is 6.43. The Bertz CT molecular complexity index is 536. The molecule has 3 nitrogen and oxygen atoms in total. The van der Waals surface area contributed by atoms with Gasteiger partial charge in [-0.3, -0.25) is 4.79 Å². The van der Waals surface area contributed by atoms with Crippen molar-refractivity contribution in [2.75, 3.05) is 6.54 Å². The van der Waals surface area contributed by atoms with Gasteiger partial charge in [0.05, 0.1) is 18.0 Å². The number of hydrogen-bond acceptors (Lipinski definition) is 3. The molecule has 0 aliphatic heterocycles. The Labute approximate surface area is 124 Å². The number of amides is 1. The molecule has 1 saturated carbocycles. The van der Waals surface area contributed by atoms with Crippen molar-refractivity contribution >= 4 is 17.2 Å². The molecular formula is C16H22N2OS. The van der Waals surface area contributed by atoms with Crippen LogP contribution in [0.2, 0.25) is 0 Å². The van der Waals surface area contributed by atoms with Crippen molar-refractivity contribution in [3.8, 4) is 11.8 Å². The van der Waals surface area contributed by atoms with Crippen molar-refractivity contribution in [1.82, 2.24) is 5.32 Å². The fraction of sp³-hybridized carbons (Fsp3) is 0.562. The van der Waals surface area contributed by atoms with Crippen molar-refractivity contribution in [1.29, 1.82) is 0 Å². The smallest absolute Gasteiger partial charge is 0.223 e. The van der Waals surface area contributed by atoms with Crippen LogP contribution in [0, 0.1) is 23.2 Å². The molecule has 0 bridgehead atoms. The van der Waals surface area contributed by atoms with Crippen LogP contribution in [0.3, 0.4) is 0 Å². The molecule has 1 aliphatic carbocycles. The Morgan fingerprint density at radius 3 is 3.00 bits per heavy atom. The molecule has 2 rings (SSSR count). The second-order valence-corrected chi connectivity index (χ2v) is 7.09. The fourth-order valence-corrected chi connectivity index (χ4v) is 3.61. The molecule has 1 atom stereocenters. The lowest BCUT2D eigenvalue weighted by molar-refractivity contribution is -0.127. The molecule has 3 N–H and O–H groups in total. The molecule has 1 unspecified atom stereocenters. The predicted octanol–water partition coefficient (Wildman–Crippen LogP) is 2.50. The van der Waals surface area contributed by atoms with Crippen LogP contribution in [0.15, 0.2) is 12.1 Å². The van der Waals surface area contributed by atoms with Gasteiger partial charge < -0.3 is 11.1 Å². The van der Waals surface area contributed by atoms with E-state index in [1.165, 1.54) is 0 Å². The van der Waals surface area contributed by atoms with Crippen LogP contribution in [0.1, 0.15) is 42.9 Å². The van der Waals surface area contributed by atoms with Gasteiger partial charge in [-0.05, 0) is 30.4 Å². The van der Waals surface area contributed by atoms with Crippen LogP contribution in [0.4, 0.5) is 0 Å². The summed E-state index contributed by atoms with van der Waals surface area (Å²) in [6, 6.07) is 4.00. The first-order valence-electron chi connectivity index (χ1n) is 7.08. The summed E-state index contributed by atoms with van der Waals surface area (Å²) in [7, 11) is 0. The van der Waals surface area contributed by atoms with E-state index in [-0.39, 0.29) is 17.2 Å². The Balaban J connectivity index is 1.89. The van der Waals surface area contributed by atoms with Gasteiger partial charge >= 0.3 is 0 Å². The summed E-state index contributed by atoms with van der Waals surface area (Å²) in [6.07, 6.45) is 3.31. The zero-order valence-electron chi connectivity index (χ0n) is 12.2. The molecule has 0 saturated heterocycles. The van der Waals surface area contributed by atoms with Crippen LogP contribution in [0.5, 0.6) is 0 Å². The lowest BCUT2D eigenvalue weighted by Gasteiger charge is -2.25. The Morgan fingerprint density at radius 2 is 2.35 bits per heavy atom. The van der Waals surface area contributed by atoms with Gasteiger partial charge in [0.15, 0.2) is 0 Å². The number of nitrogens with two attached hydrogens (primary N) is 1. The third-order valence-corrected chi connectivity index (χ3v) is 4.99. The monoisotopic (exact) mass is 290 g/mol. The second-order valence-electron chi connectivity index (χ2n) is 5.92. The van der Waals surface area contributed by atoms with E-state index >= 15 is 0 Å². The van der Waals surface area contributed by atoms with E-state index in [0.717, 1.165) is 29.0 Å². The number of hydrogen-bond donors (Lipinski definition) is 2. The standard InChI is InChI=1S/C16H22N2OS/c1-16(2)9-3-6-14(16)15(19)18-11-13-8-7-12(20-13)5-4-10-17/h7-8,14H,3,6,9-11,17H2,1-2H3,(H,18,19). The topological polar surface area (TPSA) is 55.1 Å². The van der Waals surface area contributed by atoms with E-state index in [4.69, 9.17) is 5.73 Å². The van der Waals surface area contributed by atoms with Gasteiger partial charge in [0.2, 0.25) is 5.91 Å². The first-order chi connectivity index (χ1) is 9.53. The van der Waals surface area contributed by atoms with Gasteiger partial charge in [0.25, 0.3) is 0 Å². The normalized spacial score (nSPS) is 20.2. The minimum Gasteiger partial charge on any atom is -0.351 e. The van der Waals surface area contributed by atoms with Crippen LogP contribution in [-0.4, -0.2) is 12.5 Å². The van der Waals surface area contributed by atoms with E-state index in [9.17, 15) is 4.79 Å². The van der Waals surface area contributed by atoms with Crippen LogP contribution in [-0.2, 0) is 11.3 Å². The average Bonchev–Trinajstić information content (AvgIpc) is 2.99. The number of nitrogens with one attached hydrogen (secondary N) is 1. The Morgan fingerprint density at radius 1 is 1.55 bits per heavy atom. The molecule has 1 heterocycles. The molecule has 1 amide bonds. The minimum absolute atomic E-state index is 0.136. The van der Waals surface area contributed by atoms with E-state index in [0.29, 0.717) is 13.1 Å². The molecule has 4 heteroatoms. The summed E-state index contributed by atoms with van der Waals surface area (Å²) < 4.78 is 0. The summed E-state index contributed by atoms with van der Waals surface area (Å²) in [5.41, 5.74) is 5.49. The summed E-state index contributed by atoms with van der Waals surface area (Å²) in [5, 5.41) is 3.06. The lowest BCUT2D eigenvalue weighted by Crippen LogP contribution is -2.35. The first-order valence-corrected chi connectivity index (χ1v) is 7.90. The average molecular weight is 290 g/mol. The number of carbonyl (C=O) groups is 1. The Kier molecular flexibility index (Phi) is 4.85. The zero-order valence-corrected chi connectivity index (χ0v) is 13.0. The predicted molar refractivity (Wildman–Crippen MR) is 83.2 cm³/mol. The van der Waals surface area contributed by atoms with Crippen molar-refractivity contribution < 1.29 is 4.79 Å². The summed E-state index contributed by atoms with van der Waals surface area (Å²) >= 11 is 1.61. The Hall–Kier alpha value is -1.31. The first kappa shape index (κ1) is 15.1. The molecule has 1 aromatic rings. The largest absolute Gasteiger partial charge is 0.351 e.